The van der Waals surface area contributed by atoms with E-state index in [0.29, 0.717) is 0 Å². The second-order valence-corrected chi connectivity index (χ2v) is 7.41. The maximum Gasteiger partial charge on any atom is 0.0701 e. The Bertz CT molecular complexity index is 311. The molecule has 1 aliphatic rings. The topological polar surface area (TPSA) is 15.3 Å². The fourth-order valence-electron chi connectivity index (χ4n) is 1.73. The van der Waals surface area contributed by atoms with Crippen molar-refractivity contribution in [2.24, 2.45) is 0 Å². The predicted molar refractivity (Wildman–Crippen MR) is 77.5 cm³/mol. The van der Waals surface area contributed by atoms with Gasteiger partial charge in [-0.25, -0.2) is 0 Å². The van der Waals surface area contributed by atoms with E-state index in [4.69, 9.17) is 0 Å². The summed E-state index contributed by atoms with van der Waals surface area (Å²) in [5.74, 6) is 2.61. The summed E-state index contributed by atoms with van der Waals surface area (Å²) < 4.78 is 1.22. The smallest absolute Gasteiger partial charge is 0.0701 e. The summed E-state index contributed by atoms with van der Waals surface area (Å²) in [6.07, 6.45) is 0. The molecular formula is C11H17BrN2S2. The molecule has 2 heterocycles. The normalized spacial score (nSPS) is 17.8. The minimum atomic E-state index is 0.991. The van der Waals surface area contributed by atoms with E-state index >= 15 is 0 Å². The molecule has 0 atom stereocenters. The van der Waals surface area contributed by atoms with Crippen LogP contribution in [0.15, 0.2) is 15.2 Å². The van der Waals surface area contributed by atoms with Crippen LogP contribution in [0.1, 0.15) is 5.56 Å². The quantitative estimate of drug-likeness (QED) is 0.840. The molecule has 1 N–H and O–H groups in total. The van der Waals surface area contributed by atoms with E-state index in [2.05, 4.69) is 49.4 Å². The van der Waals surface area contributed by atoms with Crippen molar-refractivity contribution < 1.29 is 0 Å². The van der Waals surface area contributed by atoms with Crippen LogP contribution in [-0.2, 0) is 6.54 Å². The van der Waals surface area contributed by atoms with Crippen LogP contribution in [-0.4, -0.2) is 42.6 Å². The molecule has 0 amide bonds. The van der Waals surface area contributed by atoms with Gasteiger partial charge in [0.05, 0.1) is 3.79 Å². The number of hydrogen-bond acceptors (Lipinski definition) is 4. The summed E-state index contributed by atoms with van der Waals surface area (Å²) in [4.78, 5) is 2.55. The maximum absolute atomic E-state index is 3.50. The van der Waals surface area contributed by atoms with Crippen LogP contribution in [0, 0.1) is 0 Å². The van der Waals surface area contributed by atoms with Crippen molar-refractivity contribution in [2.75, 3.05) is 37.7 Å². The van der Waals surface area contributed by atoms with E-state index in [-0.39, 0.29) is 0 Å². The van der Waals surface area contributed by atoms with Gasteiger partial charge in [-0.15, -0.1) is 11.3 Å². The van der Waals surface area contributed by atoms with Crippen molar-refractivity contribution in [1.82, 2.24) is 10.2 Å². The zero-order valence-electron chi connectivity index (χ0n) is 9.25. The lowest BCUT2D eigenvalue weighted by Crippen LogP contribution is -2.37. The third kappa shape index (κ3) is 4.37. The first-order valence-electron chi connectivity index (χ1n) is 5.58. The van der Waals surface area contributed by atoms with Crippen molar-refractivity contribution in [3.05, 3.63) is 20.8 Å². The number of thioether (sulfide) groups is 1. The third-order valence-electron chi connectivity index (χ3n) is 2.66. The van der Waals surface area contributed by atoms with E-state index in [1.165, 1.54) is 40.5 Å². The first-order valence-corrected chi connectivity index (χ1v) is 8.41. The number of halogens is 1. The molecule has 90 valence electrons. The van der Waals surface area contributed by atoms with Gasteiger partial charge in [0, 0.05) is 44.2 Å². The number of hydrogen-bond donors (Lipinski definition) is 1. The van der Waals surface area contributed by atoms with Gasteiger partial charge in [0.2, 0.25) is 0 Å². The monoisotopic (exact) mass is 320 g/mol. The molecule has 0 aromatic carbocycles. The van der Waals surface area contributed by atoms with E-state index in [9.17, 15) is 0 Å². The molecule has 1 saturated heterocycles. The van der Waals surface area contributed by atoms with Crippen molar-refractivity contribution in [3.63, 3.8) is 0 Å². The van der Waals surface area contributed by atoms with Gasteiger partial charge in [0.25, 0.3) is 0 Å². The summed E-state index contributed by atoms with van der Waals surface area (Å²) in [5, 5.41) is 5.70. The van der Waals surface area contributed by atoms with Crippen LogP contribution in [0.5, 0.6) is 0 Å². The van der Waals surface area contributed by atoms with Gasteiger partial charge in [-0.3, -0.25) is 0 Å². The number of rotatable bonds is 5. The Labute approximate surface area is 114 Å². The summed E-state index contributed by atoms with van der Waals surface area (Å²) >= 11 is 7.31. The van der Waals surface area contributed by atoms with E-state index in [1.807, 2.05) is 0 Å². The first-order chi connectivity index (χ1) is 7.84. The molecule has 0 bridgehead atoms. The van der Waals surface area contributed by atoms with Crippen molar-refractivity contribution in [2.45, 2.75) is 6.54 Å². The molecule has 1 aromatic heterocycles. The Kier molecular flexibility index (Phi) is 5.65. The Morgan fingerprint density at radius 1 is 1.38 bits per heavy atom. The van der Waals surface area contributed by atoms with Gasteiger partial charge < -0.3 is 10.2 Å². The lowest BCUT2D eigenvalue weighted by Gasteiger charge is -2.26. The molecule has 5 heteroatoms. The number of nitrogens with zero attached hydrogens (tertiary/aromatic N) is 1. The van der Waals surface area contributed by atoms with E-state index in [1.54, 1.807) is 11.3 Å². The summed E-state index contributed by atoms with van der Waals surface area (Å²) in [7, 11) is 0. The van der Waals surface area contributed by atoms with Gasteiger partial charge in [0.1, 0.15) is 0 Å². The first kappa shape index (κ1) is 12.9. The molecule has 0 spiro atoms. The molecular weight excluding hydrogens is 304 g/mol. The number of nitrogens with one attached hydrogen (secondary N) is 1. The molecule has 0 radical (unpaired) electrons. The Balaban J connectivity index is 1.57. The van der Waals surface area contributed by atoms with Gasteiger partial charge in [0.15, 0.2) is 0 Å². The zero-order chi connectivity index (χ0) is 11.2. The third-order valence-corrected chi connectivity index (χ3v) is 5.16. The molecule has 0 saturated carbocycles. The van der Waals surface area contributed by atoms with Crippen LogP contribution in [0.3, 0.4) is 0 Å². The summed E-state index contributed by atoms with van der Waals surface area (Å²) in [5.41, 5.74) is 1.38. The van der Waals surface area contributed by atoms with Crippen molar-refractivity contribution in [1.29, 1.82) is 0 Å². The minimum Gasteiger partial charge on any atom is -0.311 e. The largest absolute Gasteiger partial charge is 0.311 e. The maximum atomic E-state index is 3.50. The van der Waals surface area contributed by atoms with E-state index < -0.39 is 0 Å². The van der Waals surface area contributed by atoms with Crippen LogP contribution < -0.4 is 5.32 Å². The molecule has 1 aromatic rings. The average Bonchev–Trinajstić information content (AvgIpc) is 2.72. The molecule has 1 fully saturated rings. The lowest BCUT2D eigenvalue weighted by atomic mass is 10.3. The molecule has 2 rings (SSSR count). The second kappa shape index (κ2) is 7.01. The van der Waals surface area contributed by atoms with E-state index in [0.717, 1.165) is 13.1 Å². The van der Waals surface area contributed by atoms with Crippen LogP contribution >= 0.6 is 39.0 Å². The second-order valence-electron chi connectivity index (χ2n) is 3.89. The highest BCUT2D eigenvalue weighted by molar-refractivity contribution is 9.11. The molecule has 0 unspecified atom stereocenters. The zero-order valence-corrected chi connectivity index (χ0v) is 12.5. The van der Waals surface area contributed by atoms with Gasteiger partial charge in [-0.05, 0) is 32.9 Å². The molecule has 1 aliphatic heterocycles. The Morgan fingerprint density at radius 2 is 2.19 bits per heavy atom. The molecule has 0 aliphatic carbocycles. The Hall–Kier alpha value is 0.450. The SMILES string of the molecule is Brc1cc(CNCCN2CCSCC2)cs1. The van der Waals surface area contributed by atoms with Gasteiger partial charge in [-0.1, -0.05) is 0 Å². The van der Waals surface area contributed by atoms with Crippen LogP contribution in [0.25, 0.3) is 0 Å². The van der Waals surface area contributed by atoms with Crippen LogP contribution in [0.2, 0.25) is 0 Å². The lowest BCUT2D eigenvalue weighted by molar-refractivity contribution is 0.301. The summed E-state index contributed by atoms with van der Waals surface area (Å²) in [6.45, 7) is 5.79. The molecule has 16 heavy (non-hydrogen) atoms. The fraction of sp³-hybridized carbons (Fsp3) is 0.636. The van der Waals surface area contributed by atoms with Crippen molar-refractivity contribution in [3.8, 4) is 0 Å². The minimum absolute atomic E-state index is 0.991. The average molecular weight is 321 g/mol. The molecule has 2 nitrogen and oxygen atoms in total. The van der Waals surface area contributed by atoms with Gasteiger partial charge >= 0.3 is 0 Å². The van der Waals surface area contributed by atoms with Gasteiger partial charge in [-0.2, -0.15) is 11.8 Å². The summed E-state index contributed by atoms with van der Waals surface area (Å²) in [6, 6.07) is 2.19. The highest BCUT2D eigenvalue weighted by atomic mass is 79.9. The highest BCUT2D eigenvalue weighted by Gasteiger charge is 2.08. The standard InChI is InChI=1S/C11H17BrN2S2/c12-11-7-10(9-16-11)8-13-1-2-14-3-5-15-6-4-14/h7,9,13H,1-6,8H2. The fourth-order valence-corrected chi connectivity index (χ4v) is 3.92. The van der Waals surface area contributed by atoms with Crippen LogP contribution in [0.4, 0.5) is 0 Å². The highest BCUT2D eigenvalue weighted by Crippen LogP contribution is 2.20. The van der Waals surface area contributed by atoms with Crippen molar-refractivity contribution >= 4 is 39.0 Å². The number of thiophene rings is 1. The predicted octanol–water partition coefficient (Wildman–Crippen LogP) is 2.65. The Morgan fingerprint density at radius 3 is 2.88 bits per heavy atom.